The minimum Gasteiger partial charge on any atom is -0.338 e. The standard InChI is InChI=1S/C22H26FN5O/c1-4-10-28-15(2)13-24-22(28)21-18-14-27(11-9-19(18)26(3)25-21)20(29)12-16-5-7-17(23)8-6-16/h5-8,13H,4,9-12,14H2,1-3H3. The number of halogens is 1. The maximum Gasteiger partial charge on any atom is 0.227 e. The summed E-state index contributed by atoms with van der Waals surface area (Å²) in [6.45, 7) is 6.28. The van der Waals surface area contributed by atoms with Gasteiger partial charge in [-0.2, -0.15) is 5.10 Å². The normalized spacial score (nSPS) is 13.6. The van der Waals surface area contributed by atoms with E-state index in [9.17, 15) is 9.18 Å². The summed E-state index contributed by atoms with van der Waals surface area (Å²) < 4.78 is 17.2. The molecule has 1 aromatic carbocycles. The molecule has 1 aliphatic heterocycles. The number of amides is 1. The number of nitrogens with zero attached hydrogens (tertiary/aromatic N) is 5. The molecule has 0 bridgehead atoms. The average molecular weight is 395 g/mol. The Morgan fingerprint density at radius 2 is 2.00 bits per heavy atom. The van der Waals surface area contributed by atoms with Crippen LogP contribution in [0, 0.1) is 12.7 Å². The van der Waals surface area contributed by atoms with E-state index in [1.54, 1.807) is 12.1 Å². The first-order valence-corrected chi connectivity index (χ1v) is 10.1. The third-order valence-electron chi connectivity index (χ3n) is 5.58. The maximum atomic E-state index is 13.1. The molecule has 0 atom stereocenters. The largest absolute Gasteiger partial charge is 0.338 e. The Labute approximate surface area is 170 Å². The highest BCUT2D eigenvalue weighted by atomic mass is 19.1. The van der Waals surface area contributed by atoms with Gasteiger partial charge in [-0.15, -0.1) is 0 Å². The Hall–Kier alpha value is -2.96. The number of imidazole rings is 1. The van der Waals surface area contributed by atoms with Crippen LogP contribution < -0.4 is 0 Å². The number of rotatable bonds is 5. The van der Waals surface area contributed by atoms with Crippen molar-refractivity contribution in [2.24, 2.45) is 7.05 Å². The van der Waals surface area contributed by atoms with Crippen LogP contribution >= 0.6 is 0 Å². The highest BCUT2D eigenvalue weighted by Gasteiger charge is 2.29. The number of fused-ring (bicyclic) bond motifs is 1. The molecule has 1 amide bonds. The van der Waals surface area contributed by atoms with Crippen LogP contribution in [0.3, 0.4) is 0 Å². The van der Waals surface area contributed by atoms with Gasteiger partial charge in [-0.25, -0.2) is 9.37 Å². The van der Waals surface area contributed by atoms with E-state index in [4.69, 9.17) is 5.10 Å². The van der Waals surface area contributed by atoms with Crippen LogP contribution in [0.4, 0.5) is 4.39 Å². The van der Waals surface area contributed by atoms with Crippen LogP contribution in [0.2, 0.25) is 0 Å². The Kier molecular flexibility index (Phi) is 5.22. The van der Waals surface area contributed by atoms with E-state index in [0.29, 0.717) is 13.1 Å². The van der Waals surface area contributed by atoms with Crippen LogP contribution in [0.5, 0.6) is 0 Å². The van der Waals surface area contributed by atoms with Crippen molar-refractivity contribution in [2.75, 3.05) is 6.54 Å². The predicted octanol–water partition coefficient (Wildman–Crippen LogP) is 3.27. The molecule has 4 rings (SSSR count). The van der Waals surface area contributed by atoms with Crippen LogP contribution in [0.25, 0.3) is 11.5 Å². The van der Waals surface area contributed by atoms with Crippen LogP contribution in [0.1, 0.15) is 35.9 Å². The molecule has 7 heteroatoms. The minimum absolute atomic E-state index is 0.0464. The van der Waals surface area contributed by atoms with Gasteiger partial charge in [0.05, 0.1) is 6.42 Å². The second-order valence-corrected chi connectivity index (χ2v) is 7.64. The fourth-order valence-corrected chi connectivity index (χ4v) is 4.03. The summed E-state index contributed by atoms with van der Waals surface area (Å²) in [5.41, 5.74) is 5.04. The zero-order chi connectivity index (χ0) is 20.5. The Morgan fingerprint density at radius 3 is 2.72 bits per heavy atom. The summed E-state index contributed by atoms with van der Waals surface area (Å²) in [5.74, 6) is 0.626. The smallest absolute Gasteiger partial charge is 0.227 e. The zero-order valence-corrected chi connectivity index (χ0v) is 17.2. The van der Waals surface area contributed by atoms with E-state index < -0.39 is 0 Å². The molecule has 29 heavy (non-hydrogen) atoms. The van der Waals surface area contributed by atoms with E-state index >= 15 is 0 Å². The maximum absolute atomic E-state index is 13.1. The lowest BCUT2D eigenvalue weighted by Crippen LogP contribution is -2.37. The Balaban J connectivity index is 1.60. The zero-order valence-electron chi connectivity index (χ0n) is 17.2. The lowest BCUT2D eigenvalue weighted by atomic mass is 10.0. The highest BCUT2D eigenvalue weighted by molar-refractivity contribution is 5.79. The Morgan fingerprint density at radius 1 is 1.24 bits per heavy atom. The third-order valence-corrected chi connectivity index (χ3v) is 5.58. The molecule has 0 aliphatic carbocycles. The van der Waals surface area contributed by atoms with Gasteiger partial charge in [0, 0.05) is 56.3 Å². The van der Waals surface area contributed by atoms with Crippen molar-refractivity contribution in [1.82, 2.24) is 24.2 Å². The topological polar surface area (TPSA) is 56.0 Å². The quantitative estimate of drug-likeness (QED) is 0.666. The summed E-state index contributed by atoms with van der Waals surface area (Å²) >= 11 is 0. The van der Waals surface area contributed by atoms with Gasteiger partial charge in [-0.3, -0.25) is 9.48 Å². The molecule has 2 aromatic heterocycles. The second kappa shape index (κ2) is 7.81. The van der Waals surface area contributed by atoms with Gasteiger partial charge in [0.15, 0.2) is 5.82 Å². The van der Waals surface area contributed by atoms with E-state index in [-0.39, 0.29) is 18.1 Å². The first-order valence-electron chi connectivity index (χ1n) is 10.1. The van der Waals surface area contributed by atoms with Gasteiger partial charge in [0.25, 0.3) is 0 Å². The monoisotopic (exact) mass is 395 g/mol. The summed E-state index contributed by atoms with van der Waals surface area (Å²) in [4.78, 5) is 19.4. The summed E-state index contributed by atoms with van der Waals surface area (Å²) in [6, 6.07) is 6.13. The van der Waals surface area contributed by atoms with Gasteiger partial charge in [-0.05, 0) is 31.0 Å². The van der Waals surface area contributed by atoms with E-state index in [2.05, 4.69) is 23.4 Å². The number of hydrogen-bond acceptors (Lipinski definition) is 3. The Bertz CT molecular complexity index is 1030. The van der Waals surface area contributed by atoms with Crippen LogP contribution in [-0.4, -0.2) is 36.7 Å². The molecule has 3 heterocycles. The van der Waals surface area contributed by atoms with E-state index in [0.717, 1.165) is 53.4 Å². The van der Waals surface area contributed by atoms with Gasteiger partial charge >= 0.3 is 0 Å². The average Bonchev–Trinajstić information content (AvgIpc) is 3.23. The molecule has 0 fully saturated rings. The molecule has 0 saturated carbocycles. The highest BCUT2D eigenvalue weighted by Crippen LogP contribution is 2.30. The molecule has 0 N–H and O–H groups in total. The first-order chi connectivity index (χ1) is 14.0. The van der Waals surface area contributed by atoms with E-state index in [1.807, 2.05) is 22.8 Å². The fraction of sp³-hybridized carbons (Fsp3) is 0.409. The molecular weight excluding hydrogens is 369 g/mol. The predicted molar refractivity (Wildman–Crippen MR) is 109 cm³/mol. The number of carbonyl (C=O) groups is 1. The summed E-state index contributed by atoms with van der Waals surface area (Å²) in [7, 11) is 1.96. The van der Waals surface area contributed by atoms with Gasteiger partial charge in [-0.1, -0.05) is 19.1 Å². The minimum atomic E-state index is -0.290. The SMILES string of the molecule is CCCn1c(C)cnc1-c1nn(C)c2c1CN(C(=O)Cc1ccc(F)cc1)CC2. The summed E-state index contributed by atoms with van der Waals surface area (Å²) in [5, 5.41) is 4.76. The molecular formula is C22H26FN5O. The summed E-state index contributed by atoms with van der Waals surface area (Å²) in [6.07, 6.45) is 3.93. The molecule has 0 unspecified atom stereocenters. The third kappa shape index (κ3) is 3.69. The molecule has 0 saturated heterocycles. The first kappa shape index (κ1) is 19.4. The van der Waals surface area contributed by atoms with Crippen molar-refractivity contribution in [2.45, 2.75) is 46.2 Å². The van der Waals surface area contributed by atoms with Crippen molar-refractivity contribution in [3.05, 3.63) is 58.8 Å². The van der Waals surface area contributed by atoms with Crippen molar-refractivity contribution in [1.29, 1.82) is 0 Å². The number of carbonyl (C=O) groups excluding carboxylic acids is 1. The molecule has 6 nitrogen and oxygen atoms in total. The molecule has 0 spiro atoms. The number of aryl methyl sites for hydroxylation is 2. The van der Waals surface area contributed by atoms with Crippen LogP contribution in [-0.2, 0) is 37.8 Å². The number of aromatic nitrogens is 4. The van der Waals surface area contributed by atoms with Crippen molar-refractivity contribution < 1.29 is 9.18 Å². The van der Waals surface area contributed by atoms with Gasteiger partial charge in [0.1, 0.15) is 11.5 Å². The van der Waals surface area contributed by atoms with Gasteiger partial charge in [0.2, 0.25) is 5.91 Å². The fourth-order valence-electron chi connectivity index (χ4n) is 4.03. The van der Waals surface area contributed by atoms with Crippen molar-refractivity contribution in [3.8, 4) is 11.5 Å². The molecule has 0 radical (unpaired) electrons. The lowest BCUT2D eigenvalue weighted by Gasteiger charge is -2.28. The molecule has 3 aromatic rings. The molecule has 1 aliphatic rings. The molecule has 152 valence electrons. The van der Waals surface area contributed by atoms with Crippen molar-refractivity contribution >= 4 is 5.91 Å². The number of benzene rings is 1. The van der Waals surface area contributed by atoms with E-state index in [1.165, 1.54) is 12.1 Å². The van der Waals surface area contributed by atoms with Crippen molar-refractivity contribution in [3.63, 3.8) is 0 Å². The van der Waals surface area contributed by atoms with Crippen LogP contribution in [0.15, 0.2) is 30.5 Å². The van der Waals surface area contributed by atoms with Gasteiger partial charge < -0.3 is 9.47 Å². The number of hydrogen-bond donors (Lipinski definition) is 0. The second-order valence-electron chi connectivity index (χ2n) is 7.64. The lowest BCUT2D eigenvalue weighted by molar-refractivity contribution is -0.131.